The molecule has 0 bridgehead atoms. The fourth-order valence-electron chi connectivity index (χ4n) is 3.37. The number of carbonyl (C=O) groups is 1. The highest BCUT2D eigenvalue weighted by Crippen LogP contribution is 2.29. The minimum absolute atomic E-state index is 0. The molecule has 1 aliphatic rings. The molecule has 1 aromatic carbocycles. The lowest BCUT2D eigenvalue weighted by Crippen LogP contribution is -2.40. The minimum Gasteiger partial charge on any atom is -0.469 e. The first-order chi connectivity index (χ1) is 14.9. The number of nitrogens with zero attached hydrogens (tertiary/aromatic N) is 2. The lowest BCUT2D eigenvalue weighted by atomic mass is 10.1. The van der Waals surface area contributed by atoms with Crippen molar-refractivity contribution in [1.82, 2.24) is 15.5 Å². The first kappa shape index (κ1) is 26.0. The normalized spacial score (nSPS) is 14.4. The summed E-state index contributed by atoms with van der Waals surface area (Å²) in [7, 11) is 0. The summed E-state index contributed by atoms with van der Waals surface area (Å²) < 4.78 is 44.1. The van der Waals surface area contributed by atoms with E-state index in [9.17, 15) is 18.0 Å². The molecule has 0 atom stereocenters. The van der Waals surface area contributed by atoms with Crippen molar-refractivity contribution in [2.24, 2.45) is 4.99 Å². The molecule has 2 N–H and O–H groups in total. The predicted octanol–water partition coefficient (Wildman–Crippen LogP) is 4.21. The zero-order valence-corrected chi connectivity index (χ0v) is 20.0. The molecule has 1 fully saturated rings. The van der Waals surface area contributed by atoms with Gasteiger partial charge in [-0.15, -0.1) is 24.0 Å². The molecule has 3 rings (SSSR count). The SMILES string of the molecule is I.O=C1CCCN1CCCNC(=NCc1cccc(C(F)(F)F)c1)NCCc1ccco1. The molecular weight excluding hydrogens is 536 g/mol. The number of benzene rings is 1. The maximum Gasteiger partial charge on any atom is 0.416 e. The molecule has 1 aliphatic heterocycles. The van der Waals surface area contributed by atoms with Crippen molar-refractivity contribution in [3.05, 3.63) is 59.5 Å². The van der Waals surface area contributed by atoms with E-state index in [4.69, 9.17) is 4.42 Å². The molecule has 0 unspecified atom stereocenters. The van der Waals surface area contributed by atoms with Gasteiger partial charge in [-0.1, -0.05) is 12.1 Å². The second-order valence-electron chi connectivity index (χ2n) is 7.38. The Labute approximate surface area is 202 Å². The van der Waals surface area contributed by atoms with Gasteiger partial charge in [-0.05, 0) is 42.7 Å². The molecule has 2 heterocycles. The first-order valence-electron chi connectivity index (χ1n) is 10.4. The Hall–Kier alpha value is -2.24. The van der Waals surface area contributed by atoms with Crippen LogP contribution in [0, 0.1) is 0 Å². The molecule has 0 radical (unpaired) electrons. The fraction of sp³-hybridized carbons (Fsp3) is 0.455. The monoisotopic (exact) mass is 564 g/mol. The maximum atomic E-state index is 12.9. The molecule has 0 spiro atoms. The topological polar surface area (TPSA) is 69.9 Å². The Bertz CT molecular complexity index is 872. The van der Waals surface area contributed by atoms with Crippen molar-refractivity contribution >= 4 is 35.8 Å². The van der Waals surface area contributed by atoms with Crippen LogP contribution >= 0.6 is 24.0 Å². The first-order valence-corrected chi connectivity index (χ1v) is 10.4. The third-order valence-corrected chi connectivity index (χ3v) is 4.99. The Morgan fingerprint density at radius 3 is 2.66 bits per heavy atom. The van der Waals surface area contributed by atoms with Crippen molar-refractivity contribution in [2.45, 2.75) is 38.4 Å². The molecule has 0 aliphatic carbocycles. The summed E-state index contributed by atoms with van der Waals surface area (Å²) >= 11 is 0. The number of aliphatic imine (C=N–C) groups is 1. The van der Waals surface area contributed by atoms with E-state index in [0.717, 1.165) is 37.3 Å². The number of alkyl halides is 3. The number of rotatable bonds is 9. The summed E-state index contributed by atoms with van der Waals surface area (Å²) in [4.78, 5) is 18.0. The highest BCUT2D eigenvalue weighted by Gasteiger charge is 2.30. The van der Waals surface area contributed by atoms with Gasteiger partial charge in [0.05, 0.1) is 18.4 Å². The van der Waals surface area contributed by atoms with E-state index in [1.165, 1.54) is 6.07 Å². The lowest BCUT2D eigenvalue weighted by molar-refractivity contribution is -0.137. The van der Waals surface area contributed by atoms with Crippen molar-refractivity contribution in [2.75, 3.05) is 26.2 Å². The molecule has 1 amide bonds. The Balaban J connectivity index is 0.00000363. The number of carbonyl (C=O) groups excluding carboxylic acids is 1. The van der Waals surface area contributed by atoms with Crippen LogP contribution in [0.4, 0.5) is 13.2 Å². The van der Waals surface area contributed by atoms with Crippen LogP contribution in [0.25, 0.3) is 0 Å². The third-order valence-electron chi connectivity index (χ3n) is 4.99. The average molecular weight is 564 g/mol. The summed E-state index contributed by atoms with van der Waals surface area (Å²) in [6.45, 7) is 2.76. The van der Waals surface area contributed by atoms with Crippen LogP contribution in [0.2, 0.25) is 0 Å². The average Bonchev–Trinajstić information content (AvgIpc) is 3.40. The van der Waals surface area contributed by atoms with Crippen molar-refractivity contribution < 1.29 is 22.4 Å². The van der Waals surface area contributed by atoms with E-state index in [0.29, 0.717) is 44.0 Å². The van der Waals surface area contributed by atoms with E-state index >= 15 is 0 Å². The van der Waals surface area contributed by atoms with Crippen LogP contribution in [0.3, 0.4) is 0 Å². The standard InChI is InChI=1S/C22H27F3N4O2.HI/c23-22(24,25)18-6-1-5-17(15-18)16-28-21(27-11-9-19-7-3-14-31-19)26-10-4-13-29-12-2-8-20(29)30;/h1,3,5-7,14-15H,2,4,8-13,16H2,(H2,26,27,28);1H. The van der Waals surface area contributed by atoms with Gasteiger partial charge in [0.15, 0.2) is 5.96 Å². The Morgan fingerprint density at radius 2 is 1.97 bits per heavy atom. The molecule has 6 nitrogen and oxygen atoms in total. The van der Waals surface area contributed by atoms with Gasteiger partial charge in [-0.3, -0.25) is 4.79 Å². The number of hydrogen-bond donors (Lipinski definition) is 2. The van der Waals surface area contributed by atoms with Crippen LogP contribution < -0.4 is 10.6 Å². The van der Waals surface area contributed by atoms with Gasteiger partial charge in [0.25, 0.3) is 0 Å². The van der Waals surface area contributed by atoms with E-state index in [1.807, 2.05) is 17.0 Å². The van der Waals surface area contributed by atoms with E-state index in [-0.39, 0.29) is 36.4 Å². The van der Waals surface area contributed by atoms with Crippen molar-refractivity contribution in [1.29, 1.82) is 0 Å². The molecular formula is C22H28F3IN4O2. The van der Waals surface area contributed by atoms with Crippen molar-refractivity contribution in [3.8, 4) is 0 Å². The molecule has 32 heavy (non-hydrogen) atoms. The number of likely N-dealkylation sites (tertiary alicyclic amines) is 1. The van der Waals surface area contributed by atoms with Crippen molar-refractivity contribution in [3.63, 3.8) is 0 Å². The third kappa shape index (κ3) is 8.36. The Kier molecular flexibility index (Phi) is 10.3. The van der Waals surface area contributed by atoms with Crippen LogP contribution in [-0.4, -0.2) is 42.9 Å². The molecule has 1 aromatic heterocycles. The summed E-state index contributed by atoms with van der Waals surface area (Å²) in [6, 6.07) is 8.87. The number of hydrogen-bond acceptors (Lipinski definition) is 3. The van der Waals surface area contributed by atoms with Gasteiger partial charge in [-0.25, -0.2) is 4.99 Å². The number of nitrogens with one attached hydrogen (secondary N) is 2. The lowest BCUT2D eigenvalue weighted by Gasteiger charge is -2.17. The smallest absolute Gasteiger partial charge is 0.416 e. The Morgan fingerprint density at radius 1 is 1.16 bits per heavy atom. The van der Waals surface area contributed by atoms with Gasteiger partial charge in [0.2, 0.25) is 5.91 Å². The van der Waals surface area contributed by atoms with Crippen LogP contribution in [0.1, 0.15) is 36.1 Å². The molecule has 10 heteroatoms. The van der Waals surface area contributed by atoms with E-state index in [2.05, 4.69) is 15.6 Å². The molecule has 2 aromatic rings. The molecule has 0 saturated carbocycles. The summed E-state index contributed by atoms with van der Waals surface area (Å²) in [5.41, 5.74) is -0.208. The van der Waals surface area contributed by atoms with Crippen LogP contribution in [-0.2, 0) is 23.9 Å². The number of halogens is 4. The highest BCUT2D eigenvalue weighted by atomic mass is 127. The maximum absolute atomic E-state index is 12.9. The molecule has 176 valence electrons. The van der Waals surface area contributed by atoms with Crippen LogP contribution in [0.15, 0.2) is 52.1 Å². The second-order valence-corrected chi connectivity index (χ2v) is 7.38. The van der Waals surface area contributed by atoms with Gasteiger partial charge in [0.1, 0.15) is 5.76 Å². The summed E-state index contributed by atoms with van der Waals surface area (Å²) in [5.74, 6) is 1.53. The second kappa shape index (κ2) is 12.7. The van der Waals surface area contributed by atoms with E-state index < -0.39 is 11.7 Å². The zero-order chi connectivity index (χ0) is 22.1. The minimum atomic E-state index is -4.38. The number of furan rings is 1. The zero-order valence-electron chi connectivity index (χ0n) is 17.7. The number of amides is 1. The van der Waals surface area contributed by atoms with Gasteiger partial charge >= 0.3 is 6.18 Å². The fourth-order valence-corrected chi connectivity index (χ4v) is 3.37. The number of guanidine groups is 1. The quantitative estimate of drug-likeness (QED) is 0.207. The van der Waals surface area contributed by atoms with Gasteiger partial charge in [0, 0.05) is 39.0 Å². The largest absolute Gasteiger partial charge is 0.469 e. The summed E-state index contributed by atoms with van der Waals surface area (Å²) in [6.07, 6.45) is 0.161. The van der Waals surface area contributed by atoms with Gasteiger partial charge in [-0.2, -0.15) is 13.2 Å². The van der Waals surface area contributed by atoms with Crippen LogP contribution in [0.5, 0.6) is 0 Å². The predicted molar refractivity (Wildman–Crippen MR) is 127 cm³/mol. The van der Waals surface area contributed by atoms with Gasteiger partial charge < -0.3 is 20.0 Å². The summed E-state index contributed by atoms with van der Waals surface area (Å²) in [5, 5.41) is 6.39. The van der Waals surface area contributed by atoms with E-state index in [1.54, 1.807) is 12.3 Å². The molecule has 1 saturated heterocycles. The highest BCUT2D eigenvalue weighted by molar-refractivity contribution is 14.0.